The zero-order valence-electron chi connectivity index (χ0n) is 11.5. The number of alkyl halides is 3. The van der Waals surface area contributed by atoms with Gasteiger partial charge >= 0.3 is 6.18 Å². The molecule has 1 aromatic carbocycles. The third-order valence-electron chi connectivity index (χ3n) is 3.09. The summed E-state index contributed by atoms with van der Waals surface area (Å²) in [6.45, 7) is 3.07. The van der Waals surface area contributed by atoms with E-state index < -0.39 is 12.8 Å². The monoisotopic (exact) mass is 274 g/mol. The topological polar surface area (TPSA) is 9.23 Å². The van der Waals surface area contributed by atoms with Gasteiger partial charge in [0.2, 0.25) is 0 Å². The number of ether oxygens (including phenoxy) is 1. The second-order valence-electron chi connectivity index (χ2n) is 4.87. The minimum Gasteiger partial charge on any atom is -0.484 e. The molecule has 0 aromatic heterocycles. The Hall–Kier alpha value is -1.19. The molecule has 4 heteroatoms. The summed E-state index contributed by atoms with van der Waals surface area (Å²) in [6, 6.07) is 6.92. The van der Waals surface area contributed by atoms with E-state index in [0.717, 1.165) is 12.0 Å². The molecular weight excluding hydrogens is 253 g/mol. The van der Waals surface area contributed by atoms with Gasteiger partial charge in [-0.2, -0.15) is 13.2 Å². The molecule has 0 amide bonds. The van der Waals surface area contributed by atoms with Crippen LogP contribution >= 0.6 is 0 Å². The Kier molecular flexibility index (Phi) is 6.19. The van der Waals surface area contributed by atoms with Crippen LogP contribution < -0.4 is 4.74 Å². The summed E-state index contributed by atoms with van der Waals surface area (Å²) in [5.74, 6) is 0.699. The highest BCUT2D eigenvalue weighted by atomic mass is 19.4. The van der Waals surface area contributed by atoms with Crippen LogP contribution in [0.2, 0.25) is 0 Å². The van der Waals surface area contributed by atoms with Crippen LogP contribution in [0.4, 0.5) is 13.2 Å². The van der Waals surface area contributed by atoms with Crippen molar-refractivity contribution in [2.45, 2.75) is 51.6 Å². The molecule has 108 valence electrons. The number of benzene rings is 1. The maximum Gasteiger partial charge on any atom is 0.422 e. The highest BCUT2D eigenvalue weighted by molar-refractivity contribution is 5.29. The van der Waals surface area contributed by atoms with E-state index in [4.69, 9.17) is 0 Å². The molecular formula is C15H21F3O. The molecule has 0 saturated heterocycles. The van der Waals surface area contributed by atoms with Crippen molar-refractivity contribution in [2.75, 3.05) is 6.61 Å². The predicted molar refractivity (Wildman–Crippen MR) is 70.5 cm³/mol. The van der Waals surface area contributed by atoms with Crippen LogP contribution in [0.5, 0.6) is 5.75 Å². The predicted octanol–water partition coefficient (Wildman–Crippen LogP) is 5.31. The van der Waals surface area contributed by atoms with E-state index in [0.29, 0.717) is 5.92 Å². The molecule has 0 aliphatic heterocycles. The maximum atomic E-state index is 12.0. The van der Waals surface area contributed by atoms with Gasteiger partial charge in [-0.15, -0.1) is 0 Å². The van der Waals surface area contributed by atoms with Crippen LogP contribution in [0, 0.1) is 0 Å². The van der Waals surface area contributed by atoms with Gasteiger partial charge in [-0.05, 0) is 30.0 Å². The van der Waals surface area contributed by atoms with Crippen molar-refractivity contribution in [3.05, 3.63) is 29.8 Å². The summed E-state index contributed by atoms with van der Waals surface area (Å²) in [7, 11) is 0. The van der Waals surface area contributed by atoms with Crippen molar-refractivity contribution < 1.29 is 17.9 Å². The first-order valence-corrected chi connectivity index (χ1v) is 6.72. The molecule has 19 heavy (non-hydrogen) atoms. The quantitative estimate of drug-likeness (QED) is 0.612. The van der Waals surface area contributed by atoms with Crippen LogP contribution in [-0.4, -0.2) is 12.8 Å². The third-order valence-corrected chi connectivity index (χ3v) is 3.09. The van der Waals surface area contributed by atoms with Gasteiger partial charge in [0.25, 0.3) is 0 Å². The third kappa shape index (κ3) is 6.50. The van der Waals surface area contributed by atoms with Crippen molar-refractivity contribution in [3.8, 4) is 5.75 Å². The number of rotatable bonds is 7. The van der Waals surface area contributed by atoms with Crippen molar-refractivity contribution in [2.24, 2.45) is 0 Å². The summed E-state index contributed by atoms with van der Waals surface area (Å²) in [6.07, 6.45) is 0.417. The van der Waals surface area contributed by atoms with Gasteiger partial charge in [-0.1, -0.05) is 45.2 Å². The average Bonchev–Trinajstić information content (AvgIpc) is 2.36. The lowest BCUT2D eigenvalue weighted by Gasteiger charge is -2.13. The van der Waals surface area contributed by atoms with Gasteiger partial charge in [0.15, 0.2) is 6.61 Å². The van der Waals surface area contributed by atoms with Gasteiger partial charge in [0.05, 0.1) is 0 Å². The van der Waals surface area contributed by atoms with E-state index in [1.807, 2.05) is 12.1 Å². The van der Waals surface area contributed by atoms with Crippen molar-refractivity contribution in [1.29, 1.82) is 0 Å². The summed E-state index contributed by atoms with van der Waals surface area (Å²) in [4.78, 5) is 0. The van der Waals surface area contributed by atoms with E-state index in [-0.39, 0.29) is 5.75 Å². The molecule has 1 rings (SSSR count). The molecule has 0 aliphatic rings. The van der Waals surface area contributed by atoms with Crippen LogP contribution in [0.3, 0.4) is 0 Å². The second-order valence-corrected chi connectivity index (χ2v) is 4.87. The lowest BCUT2D eigenvalue weighted by molar-refractivity contribution is -0.153. The normalized spacial score (nSPS) is 13.3. The van der Waals surface area contributed by atoms with E-state index in [1.165, 1.54) is 19.3 Å². The molecule has 0 bridgehead atoms. The highest BCUT2D eigenvalue weighted by Gasteiger charge is 2.28. The van der Waals surface area contributed by atoms with Crippen LogP contribution in [0.25, 0.3) is 0 Å². The van der Waals surface area contributed by atoms with Crippen molar-refractivity contribution >= 4 is 0 Å². The van der Waals surface area contributed by atoms with E-state index in [1.54, 1.807) is 12.1 Å². The van der Waals surface area contributed by atoms with Gasteiger partial charge in [-0.3, -0.25) is 0 Å². The smallest absolute Gasteiger partial charge is 0.422 e. The molecule has 1 atom stereocenters. The first-order chi connectivity index (χ1) is 8.92. The molecule has 0 fully saturated rings. The Morgan fingerprint density at radius 2 is 1.74 bits per heavy atom. The standard InChI is InChI=1S/C15H21F3O/c1-3-4-5-6-12(2)13-7-9-14(10-8-13)19-11-15(16,17)18/h7-10,12H,3-6,11H2,1-2H3. The Morgan fingerprint density at radius 1 is 1.11 bits per heavy atom. The van der Waals surface area contributed by atoms with Crippen LogP contribution in [-0.2, 0) is 0 Å². The number of hydrogen-bond donors (Lipinski definition) is 0. The largest absolute Gasteiger partial charge is 0.484 e. The molecule has 0 saturated carbocycles. The molecule has 1 aromatic rings. The fourth-order valence-corrected chi connectivity index (χ4v) is 1.92. The minimum absolute atomic E-state index is 0.266. The second kappa shape index (κ2) is 7.41. The van der Waals surface area contributed by atoms with E-state index in [2.05, 4.69) is 18.6 Å². The summed E-state index contributed by atoms with van der Waals surface area (Å²) >= 11 is 0. The minimum atomic E-state index is -4.29. The lowest BCUT2D eigenvalue weighted by Crippen LogP contribution is -2.19. The van der Waals surface area contributed by atoms with E-state index in [9.17, 15) is 13.2 Å². The number of unbranched alkanes of at least 4 members (excludes halogenated alkanes) is 2. The Bertz CT molecular complexity index is 357. The molecule has 0 N–H and O–H groups in total. The Morgan fingerprint density at radius 3 is 2.26 bits per heavy atom. The first kappa shape index (κ1) is 15.9. The summed E-state index contributed by atoms with van der Waals surface area (Å²) in [5, 5.41) is 0. The van der Waals surface area contributed by atoms with E-state index >= 15 is 0 Å². The zero-order valence-corrected chi connectivity index (χ0v) is 11.5. The summed E-state index contributed by atoms with van der Waals surface area (Å²) in [5.41, 5.74) is 1.15. The van der Waals surface area contributed by atoms with Crippen LogP contribution in [0.15, 0.2) is 24.3 Å². The number of hydrogen-bond acceptors (Lipinski definition) is 1. The summed E-state index contributed by atoms with van der Waals surface area (Å²) < 4.78 is 40.7. The fourth-order valence-electron chi connectivity index (χ4n) is 1.92. The molecule has 0 heterocycles. The SMILES string of the molecule is CCCCCC(C)c1ccc(OCC(F)(F)F)cc1. The molecule has 1 nitrogen and oxygen atoms in total. The highest BCUT2D eigenvalue weighted by Crippen LogP contribution is 2.25. The van der Waals surface area contributed by atoms with Crippen molar-refractivity contribution in [1.82, 2.24) is 0 Å². The number of halogens is 3. The van der Waals surface area contributed by atoms with Crippen LogP contribution in [0.1, 0.15) is 51.0 Å². The van der Waals surface area contributed by atoms with Gasteiger partial charge in [0.1, 0.15) is 5.75 Å². The first-order valence-electron chi connectivity index (χ1n) is 6.72. The zero-order chi connectivity index (χ0) is 14.3. The molecule has 0 radical (unpaired) electrons. The molecule has 0 spiro atoms. The maximum absolute atomic E-state index is 12.0. The Balaban J connectivity index is 2.46. The van der Waals surface area contributed by atoms with Gasteiger partial charge in [0, 0.05) is 0 Å². The average molecular weight is 274 g/mol. The van der Waals surface area contributed by atoms with Gasteiger partial charge in [-0.25, -0.2) is 0 Å². The van der Waals surface area contributed by atoms with Gasteiger partial charge < -0.3 is 4.74 Å². The lowest BCUT2D eigenvalue weighted by atomic mass is 9.95. The molecule has 0 aliphatic carbocycles. The molecule has 1 unspecified atom stereocenters. The van der Waals surface area contributed by atoms with Crippen molar-refractivity contribution in [3.63, 3.8) is 0 Å². The fraction of sp³-hybridized carbons (Fsp3) is 0.600. The Labute approximate surface area is 112 Å².